The van der Waals surface area contributed by atoms with E-state index in [1.54, 1.807) is 18.5 Å². The van der Waals surface area contributed by atoms with Crippen LogP contribution in [-0.2, 0) is 9.47 Å². The molecule has 0 bridgehead atoms. The smallest absolute Gasteiger partial charge is 0.163 e. The molecule has 2 N–H and O–H groups in total. The van der Waals surface area contributed by atoms with Gasteiger partial charge < -0.3 is 19.9 Å². The molecule has 1 fully saturated rings. The molecule has 2 heterocycles. The fourth-order valence-corrected chi connectivity index (χ4v) is 1.55. The van der Waals surface area contributed by atoms with Crippen LogP contribution >= 0.6 is 0 Å². The zero-order chi connectivity index (χ0) is 11.6. The maximum absolute atomic E-state index is 5.60. The molecule has 0 saturated carbocycles. The molecule has 1 saturated heterocycles. The Balaban J connectivity index is 1.84. The molecule has 1 aliphatic rings. The highest BCUT2D eigenvalue weighted by Crippen LogP contribution is 2.23. The average molecular weight is 224 g/mol. The normalized spacial score (nSPS) is 23.2. The summed E-state index contributed by atoms with van der Waals surface area (Å²) < 4.78 is 16.5. The van der Waals surface area contributed by atoms with Gasteiger partial charge in [0, 0.05) is 6.07 Å². The summed E-state index contributed by atoms with van der Waals surface area (Å²) in [5, 5.41) is 0. The first-order valence-corrected chi connectivity index (χ1v) is 5.20. The van der Waals surface area contributed by atoms with Gasteiger partial charge in [0.25, 0.3) is 0 Å². The highest BCUT2D eigenvalue weighted by molar-refractivity contribution is 5.39. The number of aromatic nitrogens is 1. The zero-order valence-electron chi connectivity index (χ0n) is 9.47. The van der Waals surface area contributed by atoms with E-state index in [-0.39, 0.29) is 6.10 Å². The van der Waals surface area contributed by atoms with Gasteiger partial charge in [0.15, 0.2) is 5.79 Å². The van der Waals surface area contributed by atoms with E-state index < -0.39 is 5.79 Å². The van der Waals surface area contributed by atoms with Gasteiger partial charge in [-0.3, -0.25) is 4.98 Å². The van der Waals surface area contributed by atoms with Gasteiger partial charge in [-0.2, -0.15) is 0 Å². The minimum Gasteiger partial charge on any atom is -0.489 e. The molecule has 0 radical (unpaired) electrons. The van der Waals surface area contributed by atoms with E-state index in [1.807, 2.05) is 13.8 Å². The topological polar surface area (TPSA) is 66.6 Å². The summed E-state index contributed by atoms with van der Waals surface area (Å²) in [7, 11) is 0. The summed E-state index contributed by atoms with van der Waals surface area (Å²) >= 11 is 0. The van der Waals surface area contributed by atoms with Gasteiger partial charge in [0.05, 0.1) is 24.7 Å². The van der Waals surface area contributed by atoms with Crippen molar-refractivity contribution in [1.82, 2.24) is 4.98 Å². The number of anilines is 1. The number of hydrogen-bond acceptors (Lipinski definition) is 5. The van der Waals surface area contributed by atoms with Crippen LogP contribution in [0.4, 0.5) is 5.69 Å². The van der Waals surface area contributed by atoms with Gasteiger partial charge >= 0.3 is 0 Å². The minimum atomic E-state index is -0.512. The Morgan fingerprint density at radius 1 is 1.56 bits per heavy atom. The Kier molecular flexibility index (Phi) is 2.98. The summed E-state index contributed by atoms with van der Waals surface area (Å²) in [6, 6.07) is 1.73. The third kappa shape index (κ3) is 2.84. The van der Waals surface area contributed by atoms with Crippen LogP contribution in [0.25, 0.3) is 0 Å². The Hall–Kier alpha value is -1.33. The first-order valence-electron chi connectivity index (χ1n) is 5.20. The Bertz CT molecular complexity index is 368. The molecule has 0 aliphatic carbocycles. The standard InChI is InChI=1S/C11H16N2O3/c1-11(2)15-7-10(16-11)6-14-9-3-8(12)4-13-5-9/h3-5,10H,6-7,12H2,1-2H3/t10-/m1/s1. The first-order chi connectivity index (χ1) is 7.55. The van der Waals surface area contributed by atoms with Gasteiger partial charge in [-0.25, -0.2) is 0 Å². The van der Waals surface area contributed by atoms with E-state index in [0.717, 1.165) is 0 Å². The molecule has 5 heteroatoms. The zero-order valence-corrected chi connectivity index (χ0v) is 9.47. The molecule has 0 spiro atoms. The van der Waals surface area contributed by atoms with E-state index in [2.05, 4.69) is 4.98 Å². The van der Waals surface area contributed by atoms with E-state index in [4.69, 9.17) is 19.9 Å². The number of nitrogen functional groups attached to an aromatic ring is 1. The van der Waals surface area contributed by atoms with Crippen molar-refractivity contribution in [2.75, 3.05) is 18.9 Å². The van der Waals surface area contributed by atoms with Crippen molar-refractivity contribution in [3.63, 3.8) is 0 Å². The molecule has 1 atom stereocenters. The summed E-state index contributed by atoms with van der Waals surface area (Å²) in [4.78, 5) is 3.94. The number of ether oxygens (including phenoxy) is 3. The first kappa shape index (κ1) is 11.2. The SMILES string of the molecule is CC1(C)OC[C@@H](COc2cncc(N)c2)O1. The van der Waals surface area contributed by atoms with E-state index in [0.29, 0.717) is 24.7 Å². The predicted molar refractivity (Wildman–Crippen MR) is 59.0 cm³/mol. The maximum Gasteiger partial charge on any atom is 0.163 e. The van der Waals surface area contributed by atoms with Crippen LogP contribution in [0, 0.1) is 0 Å². The lowest BCUT2D eigenvalue weighted by Gasteiger charge is -2.17. The van der Waals surface area contributed by atoms with Gasteiger partial charge in [-0.15, -0.1) is 0 Å². The Labute approximate surface area is 94.5 Å². The lowest BCUT2D eigenvalue weighted by molar-refractivity contribution is -0.141. The molecular weight excluding hydrogens is 208 g/mol. The van der Waals surface area contributed by atoms with Crippen molar-refractivity contribution in [3.05, 3.63) is 18.5 Å². The third-order valence-corrected chi connectivity index (χ3v) is 2.24. The number of pyridine rings is 1. The molecule has 0 unspecified atom stereocenters. The number of nitrogens with zero attached hydrogens (tertiary/aromatic N) is 1. The summed E-state index contributed by atoms with van der Waals surface area (Å²) in [6.07, 6.45) is 3.15. The molecule has 88 valence electrons. The molecular formula is C11H16N2O3. The van der Waals surface area contributed by atoms with Crippen LogP contribution in [0.3, 0.4) is 0 Å². The monoisotopic (exact) mass is 224 g/mol. The predicted octanol–water partition coefficient (Wildman–Crippen LogP) is 1.19. The van der Waals surface area contributed by atoms with Crippen molar-refractivity contribution in [3.8, 4) is 5.75 Å². The molecule has 1 aromatic heterocycles. The van der Waals surface area contributed by atoms with Crippen LogP contribution < -0.4 is 10.5 Å². The summed E-state index contributed by atoms with van der Waals surface area (Å²) in [6.45, 7) is 4.75. The molecule has 1 aromatic rings. The Morgan fingerprint density at radius 2 is 2.38 bits per heavy atom. The molecule has 0 aromatic carbocycles. The van der Waals surface area contributed by atoms with Gasteiger partial charge in [0.1, 0.15) is 18.5 Å². The van der Waals surface area contributed by atoms with Crippen LogP contribution in [0.1, 0.15) is 13.8 Å². The van der Waals surface area contributed by atoms with Gasteiger partial charge in [0.2, 0.25) is 0 Å². The van der Waals surface area contributed by atoms with Crippen molar-refractivity contribution in [2.45, 2.75) is 25.7 Å². The van der Waals surface area contributed by atoms with Crippen molar-refractivity contribution >= 4 is 5.69 Å². The highest BCUT2D eigenvalue weighted by Gasteiger charge is 2.32. The summed E-state index contributed by atoms with van der Waals surface area (Å²) in [5.41, 5.74) is 6.17. The third-order valence-electron chi connectivity index (χ3n) is 2.24. The quantitative estimate of drug-likeness (QED) is 0.835. The number of hydrogen-bond donors (Lipinski definition) is 1. The maximum atomic E-state index is 5.60. The van der Waals surface area contributed by atoms with Gasteiger partial charge in [-0.1, -0.05) is 0 Å². The van der Waals surface area contributed by atoms with Crippen LogP contribution in [-0.4, -0.2) is 30.1 Å². The van der Waals surface area contributed by atoms with E-state index in [9.17, 15) is 0 Å². The summed E-state index contributed by atoms with van der Waals surface area (Å²) in [5.74, 6) is 0.135. The highest BCUT2D eigenvalue weighted by atomic mass is 16.7. The molecule has 2 rings (SSSR count). The van der Waals surface area contributed by atoms with Gasteiger partial charge in [-0.05, 0) is 13.8 Å². The minimum absolute atomic E-state index is 0.0450. The van der Waals surface area contributed by atoms with Crippen molar-refractivity contribution in [1.29, 1.82) is 0 Å². The second-order valence-electron chi connectivity index (χ2n) is 4.22. The van der Waals surface area contributed by atoms with Crippen molar-refractivity contribution < 1.29 is 14.2 Å². The average Bonchev–Trinajstić information content (AvgIpc) is 2.56. The lowest BCUT2D eigenvalue weighted by atomic mass is 10.4. The molecule has 5 nitrogen and oxygen atoms in total. The van der Waals surface area contributed by atoms with Crippen LogP contribution in [0.15, 0.2) is 18.5 Å². The van der Waals surface area contributed by atoms with Crippen molar-refractivity contribution in [2.24, 2.45) is 0 Å². The molecule has 1 aliphatic heterocycles. The second kappa shape index (κ2) is 4.27. The Morgan fingerprint density at radius 3 is 3.00 bits per heavy atom. The largest absolute Gasteiger partial charge is 0.489 e. The molecule has 16 heavy (non-hydrogen) atoms. The number of rotatable bonds is 3. The molecule has 0 amide bonds. The van der Waals surface area contributed by atoms with Crippen LogP contribution in [0.5, 0.6) is 5.75 Å². The number of nitrogens with two attached hydrogens (primary N) is 1. The van der Waals surface area contributed by atoms with E-state index in [1.165, 1.54) is 0 Å². The fourth-order valence-electron chi connectivity index (χ4n) is 1.55. The van der Waals surface area contributed by atoms with Crippen LogP contribution in [0.2, 0.25) is 0 Å². The lowest BCUT2D eigenvalue weighted by Crippen LogP contribution is -2.25. The van der Waals surface area contributed by atoms with E-state index >= 15 is 0 Å². The fraction of sp³-hybridized carbons (Fsp3) is 0.545. The second-order valence-corrected chi connectivity index (χ2v) is 4.22.